The quantitative estimate of drug-likeness (QED) is 0.694. The molecule has 7 nitrogen and oxygen atoms in total. The molecule has 0 spiro atoms. The van der Waals surface area contributed by atoms with E-state index >= 15 is 4.39 Å². The highest BCUT2D eigenvalue weighted by Gasteiger charge is 2.53. The minimum absolute atomic E-state index is 0.0218. The molecule has 170 valence electrons. The average Bonchev–Trinajstić information content (AvgIpc) is 3.20. The van der Waals surface area contributed by atoms with Crippen molar-refractivity contribution in [3.8, 4) is 5.88 Å². The van der Waals surface area contributed by atoms with Crippen LogP contribution in [0.1, 0.15) is 51.5 Å². The van der Waals surface area contributed by atoms with E-state index in [1.54, 1.807) is 17.0 Å². The molecular weight excluding hydrogens is 418 g/mol. The molecule has 1 aromatic heterocycles. The molecule has 5 rings (SSSR count). The lowest BCUT2D eigenvalue weighted by atomic mass is 9.98. The first kappa shape index (κ1) is 20.9. The van der Waals surface area contributed by atoms with Crippen molar-refractivity contribution in [2.75, 3.05) is 5.32 Å². The summed E-state index contributed by atoms with van der Waals surface area (Å²) in [6.45, 7) is 3.86. The molecule has 2 aliphatic heterocycles. The Morgan fingerprint density at radius 2 is 2.09 bits per heavy atom. The number of aromatic nitrogens is 2. The largest absolute Gasteiger partial charge is 0.470 e. The van der Waals surface area contributed by atoms with Crippen LogP contribution in [0.25, 0.3) is 0 Å². The molecule has 3 heterocycles. The van der Waals surface area contributed by atoms with Gasteiger partial charge in [-0.2, -0.15) is 9.37 Å². The van der Waals surface area contributed by atoms with Gasteiger partial charge in [0, 0.05) is 12.5 Å². The van der Waals surface area contributed by atoms with Crippen LogP contribution in [0.5, 0.6) is 5.88 Å². The second-order valence-electron chi connectivity index (χ2n) is 9.05. The topological polar surface area (TPSA) is 76.6 Å². The minimum atomic E-state index is -0.797. The lowest BCUT2D eigenvalue weighted by molar-refractivity contribution is 0.0480. The predicted octanol–water partition coefficient (Wildman–Crippen LogP) is 4.73. The molecule has 32 heavy (non-hydrogen) atoms. The smallest absolute Gasteiger partial charge is 0.410 e. The third-order valence-corrected chi connectivity index (χ3v) is 6.69. The number of hydrogen-bond acceptors (Lipinski definition) is 6. The van der Waals surface area contributed by atoms with Crippen LogP contribution in [-0.4, -0.2) is 44.7 Å². The molecule has 3 fully saturated rings. The number of carbonyl (C=O) groups excluding carboxylic acids is 1. The van der Waals surface area contributed by atoms with Crippen LogP contribution < -0.4 is 10.1 Å². The lowest BCUT2D eigenvalue weighted by Gasteiger charge is -2.25. The Kier molecular flexibility index (Phi) is 5.14. The van der Waals surface area contributed by atoms with Crippen LogP contribution >= 0.6 is 0 Å². The number of nitrogens with one attached hydrogen (secondary N) is 1. The first-order valence-corrected chi connectivity index (χ1v) is 11.1. The molecule has 3 atom stereocenters. The second kappa shape index (κ2) is 7.86. The molecule has 1 aliphatic carbocycles. The van der Waals surface area contributed by atoms with Crippen molar-refractivity contribution >= 4 is 17.6 Å². The summed E-state index contributed by atoms with van der Waals surface area (Å²) in [5.41, 5.74) is 0.614. The summed E-state index contributed by atoms with van der Waals surface area (Å²) >= 11 is 0. The minimum Gasteiger partial charge on any atom is -0.470 e. The summed E-state index contributed by atoms with van der Waals surface area (Å²) in [6.07, 6.45) is 5.17. The van der Waals surface area contributed by atoms with E-state index in [0.717, 1.165) is 31.2 Å². The van der Waals surface area contributed by atoms with E-state index in [4.69, 9.17) is 9.47 Å². The Bertz CT molecular complexity index is 1050. The highest BCUT2D eigenvalue weighted by molar-refractivity contribution is 5.70. The van der Waals surface area contributed by atoms with Gasteiger partial charge in [0.2, 0.25) is 5.82 Å². The van der Waals surface area contributed by atoms with E-state index < -0.39 is 11.6 Å². The number of nitrogens with zero attached hydrogens (tertiary/aromatic N) is 3. The summed E-state index contributed by atoms with van der Waals surface area (Å²) in [5.74, 6) is -1.67. The maximum atomic E-state index is 15.1. The lowest BCUT2D eigenvalue weighted by Crippen LogP contribution is -2.41. The van der Waals surface area contributed by atoms with Crippen molar-refractivity contribution in [2.45, 2.75) is 76.2 Å². The van der Waals surface area contributed by atoms with Gasteiger partial charge < -0.3 is 14.8 Å². The average molecular weight is 444 g/mol. The van der Waals surface area contributed by atoms with Gasteiger partial charge in [0.05, 0.1) is 11.7 Å². The number of amides is 1. The van der Waals surface area contributed by atoms with Gasteiger partial charge in [-0.3, -0.25) is 4.90 Å². The zero-order valence-electron chi connectivity index (χ0n) is 18.1. The van der Waals surface area contributed by atoms with Crippen molar-refractivity contribution in [1.29, 1.82) is 0 Å². The molecule has 1 saturated carbocycles. The fourth-order valence-electron chi connectivity index (χ4n) is 4.56. The van der Waals surface area contributed by atoms with Gasteiger partial charge in [-0.1, -0.05) is 13.0 Å². The standard InChI is InChI=1S/C23H26F2N4O3/c1-3-13-4-6-16(15(24)10-13)28-20-19(25)21(27-12-26-20)31-18-11-14-5-7-17(18)29(14)22(30)32-23(2)8-9-23/h4,6,10,12,14,17-18H,3,5,7-9,11H2,1-2H3,(H,26,27,28)/t14?,17?,18-/m0/s1. The molecule has 1 N–H and O–H groups in total. The van der Waals surface area contributed by atoms with Crippen molar-refractivity contribution in [2.24, 2.45) is 0 Å². The van der Waals surface area contributed by atoms with Crippen molar-refractivity contribution in [1.82, 2.24) is 14.9 Å². The number of ether oxygens (including phenoxy) is 2. The number of benzene rings is 1. The molecule has 2 saturated heterocycles. The molecule has 1 amide bonds. The van der Waals surface area contributed by atoms with Crippen molar-refractivity contribution < 1.29 is 23.0 Å². The van der Waals surface area contributed by atoms with Gasteiger partial charge in [-0.05, 0) is 56.7 Å². The van der Waals surface area contributed by atoms with Gasteiger partial charge in [0.1, 0.15) is 23.8 Å². The second-order valence-corrected chi connectivity index (χ2v) is 9.05. The Morgan fingerprint density at radius 3 is 2.81 bits per heavy atom. The highest BCUT2D eigenvalue weighted by atomic mass is 19.1. The van der Waals surface area contributed by atoms with Crippen LogP contribution in [0, 0.1) is 11.6 Å². The number of fused-ring (bicyclic) bond motifs is 2. The summed E-state index contributed by atoms with van der Waals surface area (Å²) in [4.78, 5) is 22.3. The van der Waals surface area contributed by atoms with Crippen LogP contribution in [0.2, 0.25) is 0 Å². The van der Waals surface area contributed by atoms with Crippen molar-refractivity contribution in [3.05, 3.63) is 41.7 Å². The Labute approximate surface area is 185 Å². The molecule has 0 radical (unpaired) electrons. The maximum absolute atomic E-state index is 15.1. The molecule has 1 aromatic carbocycles. The molecule has 3 aliphatic rings. The molecule has 2 bridgehead atoms. The van der Waals surface area contributed by atoms with Gasteiger partial charge in [0.25, 0.3) is 5.88 Å². The summed E-state index contributed by atoms with van der Waals surface area (Å²) < 4.78 is 40.9. The molecule has 2 aromatic rings. The molecule has 9 heteroatoms. The number of hydrogen-bond donors (Lipinski definition) is 1. The van der Waals surface area contributed by atoms with E-state index in [9.17, 15) is 9.18 Å². The number of aryl methyl sites for hydroxylation is 1. The van der Waals surface area contributed by atoms with Gasteiger partial charge in [-0.15, -0.1) is 0 Å². The number of rotatable bonds is 6. The van der Waals surface area contributed by atoms with Crippen LogP contribution in [0.3, 0.4) is 0 Å². The predicted molar refractivity (Wildman–Crippen MR) is 113 cm³/mol. The van der Waals surface area contributed by atoms with E-state index in [1.165, 1.54) is 12.4 Å². The summed E-state index contributed by atoms with van der Waals surface area (Å²) in [6, 6.07) is 4.57. The Morgan fingerprint density at radius 1 is 1.28 bits per heavy atom. The normalized spacial score (nSPS) is 25.0. The zero-order valence-corrected chi connectivity index (χ0v) is 18.1. The summed E-state index contributed by atoms with van der Waals surface area (Å²) in [7, 11) is 0. The van der Waals surface area contributed by atoms with Crippen LogP contribution in [0.15, 0.2) is 24.5 Å². The SMILES string of the molecule is CCc1ccc(Nc2ncnc(O[C@H]3CC4CCC3N4C(=O)OC3(C)CC3)c2F)c(F)c1. The van der Waals surface area contributed by atoms with Crippen LogP contribution in [0.4, 0.5) is 25.1 Å². The Balaban J connectivity index is 1.30. The van der Waals surface area contributed by atoms with Gasteiger partial charge in [-0.25, -0.2) is 14.2 Å². The van der Waals surface area contributed by atoms with Gasteiger partial charge in [0.15, 0.2) is 5.82 Å². The molecule has 2 unspecified atom stereocenters. The monoisotopic (exact) mass is 444 g/mol. The third kappa shape index (κ3) is 3.84. The maximum Gasteiger partial charge on any atom is 0.410 e. The number of carbonyl (C=O) groups is 1. The first-order valence-electron chi connectivity index (χ1n) is 11.1. The fourth-order valence-corrected chi connectivity index (χ4v) is 4.56. The van der Waals surface area contributed by atoms with E-state index in [1.807, 2.05) is 13.8 Å². The van der Waals surface area contributed by atoms with Gasteiger partial charge >= 0.3 is 6.09 Å². The third-order valence-electron chi connectivity index (χ3n) is 6.69. The number of halogens is 2. The van der Waals surface area contributed by atoms with E-state index in [0.29, 0.717) is 12.8 Å². The number of anilines is 2. The zero-order chi connectivity index (χ0) is 22.5. The first-order chi connectivity index (χ1) is 15.4. The van der Waals surface area contributed by atoms with Crippen LogP contribution in [-0.2, 0) is 11.2 Å². The Hall–Kier alpha value is -2.97. The van der Waals surface area contributed by atoms with Crippen molar-refractivity contribution in [3.63, 3.8) is 0 Å². The summed E-state index contributed by atoms with van der Waals surface area (Å²) in [5, 5.41) is 2.69. The fraction of sp³-hybridized carbons (Fsp3) is 0.522. The highest BCUT2D eigenvalue weighted by Crippen LogP contribution is 2.44. The molecular formula is C23H26F2N4O3. The van der Waals surface area contributed by atoms with E-state index in [-0.39, 0.29) is 47.3 Å². The van der Waals surface area contributed by atoms with E-state index in [2.05, 4.69) is 15.3 Å².